The average Bonchev–Trinajstić information content (AvgIpc) is 2.69. The van der Waals surface area contributed by atoms with Crippen molar-refractivity contribution >= 4 is 28.2 Å². The first-order chi connectivity index (χ1) is 12.6. The van der Waals surface area contributed by atoms with Crippen LogP contribution < -0.4 is 10.1 Å². The largest absolute Gasteiger partial charge is 0.497 e. The maximum Gasteiger partial charge on any atom is 0.249 e. The van der Waals surface area contributed by atoms with Gasteiger partial charge in [0.1, 0.15) is 5.75 Å². The third kappa shape index (κ3) is 3.40. The van der Waals surface area contributed by atoms with E-state index in [-0.39, 0.29) is 5.56 Å². The Balaban J connectivity index is 1.84. The fraction of sp³-hybridized carbons (Fsp3) is 0.0952. The lowest BCUT2D eigenvalue weighted by Crippen LogP contribution is -2.28. The molecule has 0 aromatic heterocycles. The third-order valence-corrected chi connectivity index (χ3v) is 4.08. The van der Waals surface area contributed by atoms with E-state index in [2.05, 4.69) is 5.32 Å². The van der Waals surface area contributed by atoms with Crippen molar-refractivity contribution in [1.82, 2.24) is 0 Å². The highest BCUT2D eigenvalue weighted by Crippen LogP contribution is 2.24. The normalized spacial score (nSPS) is 11.4. The second-order valence-corrected chi connectivity index (χ2v) is 5.67. The highest BCUT2D eigenvalue weighted by atomic mass is 16.5. The van der Waals surface area contributed by atoms with Crippen LogP contribution in [0.15, 0.2) is 66.7 Å². The summed E-state index contributed by atoms with van der Waals surface area (Å²) in [4.78, 5) is 25.1. The maximum absolute atomic E-state index is 12.5. The predicted molar refractivity (Wildman–Crippen MR) is 99.0 cm³/mol. The molecule has 1 amide bonds. The lowest BCUT2D eigenvalue weighted by atomic mass is 9.97. The molecule has 0 fully saturated rings. The van der Waals surface area contributed by atoms with Crippen LogP contribution in [0.25, 0.3) is 10.8 Å². The van der Waals surface area contributed by atoms with Gasteiger partial charge in [0.25, 0.3) is 0 Å². The Labute approximate surface area is 150 Å². The van der Waals surface area contributed by atoms with Crippen LogP contribution in [0.2, 0.25) is 0 Å². The van der Waals surface area contributed by atoms with E-state index in [0.29, 0.717) is 11.4 Å². The minimum Gasteiger partial charge on any atom is -0.497 e. The van der Waals surface area contributed by atoms with E-state index in [1.54, 1.807) is 24.3 Å². The van der Waals surface area contributed by atoms with Crippen LogP contribution in [0.4, 0.5) is 5.69 Å². The SMILES string of the molecule is COc1ccc(C(=O)C(C#N)C(=O)Nc2cccc3ccccc23)cc1. The third-order valence-electron chi connectivity index (χ3n) is 4.08. The van der Waals surface area contributed by atoms with Gasteiger partial charge in [-0.15, -0.1) is 0 Å². The number of hydrogen-bond donors (Lipinski definition) is 1. The molecule has 0 saturated carbocycles. The summed E-state index contributed by atoms with van der Waals surface area (Å²) < 4.78 is 5.05. The zero-order valence-corrected chi connectivity index (χ0v) is 14.1. The van der Waals surface area contributed by atoms with E-state index in [4.69, 9.17) is 4.74 Å². The Hall–Kier alpha value is -3.65. The smallest absolute Gasteiger partial charge is 0.249 e. The van der Waals surface area contributed by atoms with Crippen LogP contribution in [0.3, 0.4) is 0 Å². The summed E-state index contributed by atoms with van der Waals surface area (Å²) in [6, 6.07) is 21.2. The maximum atomic E-state index is 12.5. The van der Waals surface area contributed by atoms with Gasteiger partial charge >= 0.3 is 0 Å². The molecular formula is C21H16N2O3. The molecule has 0 aliphatic carbocycles. The zero-order chi connectivity index (χ0) is 18.5. The van der Waals surface area contributed by atoms with Gasteiger partial charge in [-0.2, -0.15) is 5.26 Å². The number of rotatable bonds is 5. The van der Waals surface area contributed by atoms with Crippen LogP contribution in [-0.2, 0) is 4.79 Å². The summed E-state index contributed by atoms with van der Waals surface area (Å²) in [5, 5.41) is 13.9. The molecule has 0 heterocycles. The molecule has 1 unspecified atom stereocenters. The summed E-state index contributed by atoms with van der Waals surface area (Å²) in [5.74, 6) is -2.03. The molecule has 0 bridgehead atoms. The van der Waals surface area contributed by atoms with E-state index in [9.17, 15) is 14.9 Å². The molecule has 128 valence electrons. The zero-order valence-electron chi connectivity index (χ0n) is 14.1. The van der Waals surface area contributed by atoms with Gasteiger partial charge in [-0.05, 0) is 35.7 Å². The van der Waals surface area contributed by atoms with Crippen LogP contribution in [0.1, 0.15) is 10.4 Å². The van der Waals surface area contributed by atoms with Crippen molar-refractivity contribution in [2.75, 3.05) is 12.4 Å². The summed E-state index contributed by atoms with van der Waals surface area (Å²) in [6.07, 6.45) is 0. The second-order valence-electron chi connectivity index (χ2n) is 5.67. The van der Waals surface area contributed by atoms with Gasteiger partial charge in [0, 0.05) is 16.6 Å². The quantitative estimate of drug-likeness (QED) is 0.564. The van der Waals surface area contributed by atoms with Gasteiger partial charge in [0.15, 0.2) is 11.7 Å². The number of anilines is 1. The fourth-order valence-corrected chi connectivity index (χ4v) is 2.70. The fourth-order valence-electron chi connectivity index (χ4n) is 2.70. The summed E-state index contributed by atoms with van der Waals surface area (Å²) in [7, 11) is 1.52. The molecule has 26 heavy (non-hydrogen) atoms. The van der Waals surface area contributed by atoms with E-state index < -0.39 is 17.6 Å². The Morgan fingerprint density at radius 1 is 1.00 bits per heavy atom. The average molecular weight is 344 g/mol. The number of methoxy groups -OCH3 is 1. The van der Waals surface area contributed by atoms with Crippen LogP contribution in [0, 0.1) is 17.2 Å². The Kier molecular flexibility index (Phi) is 4.95. The van der Waals surface area contributed by atoms with Gasteiger partial charge in [-0.25, -0.2) is 0 Å². The highest BCUT2D eigenvalue weighted by molar-refractivity contribution is 6.17. The van der Waals surface area contributed by atoms with Gasteiger partial charge < -0.3 is 10.1 Å². The van der Waals surface area contributed by atoms with Crippen molar-refractivity contribution in [3.63, 3.8) is 0 Å². The number of nitrogens with one attached hydrogen (secondary N) is 1. The predicted octanol–water partition coefficient (Wildman–Crippen LogP) is 3.81. The number of carbonyl (C=O) groups is 2. The van der Waals surface area contributed by atoms with Crippen LogP contribution >= 0.6 is 0 Å². The molecule has 1 N–H and O–H groups in total. The molecule has 0 aliphatic rings. The summed E-state index contributed by atoms with van der Waals surface area (Å²) in [5.41, 5.74) is 0.848. The molecule has 3 rings (SSSR count). The number of amides is 1. The van der Waals surface area contributed by atoms with E-state index >= 15 is 0 Å². The van der Waals surface area contributed by atoms with Crippen LogP contribution in [-0.4, -0.2) is 18.8 Å². The molecule has 3 aromatic rings. The van der Waals surface area contributed by atoms with Crippen molar-refractivity contribution < 1.29 is 14.3 Å². The minimum atomic E-state index is -1.43. The summed E-state index contributed by atoms with van der Waals surface area (Å²) >= 11 is 0. The van der Waals surface area contributed by atoms with Crippen molar-refractivity contribution in [3.05, 3.63) is 72.3 Å². The first-order valence-electron chi connectivity index (χ1n) is 8.00. The number of hydrogen-bond acceptors (Lipinski definition) is 4. The van der Waals surface area contributed by atoms with Gasteiger partial charge in [-0.3, -0.25) is 9.59 Å². The molecule has 0 spiro atoms. The van der Waals surface area contributed by atoms with E-state index in [1.807, 2.05) is 36.4 Å². The Bertz CT molecular complexity index is 998. The number of fused-ring (bicyclic) bond motifs is 1. The van der Waals surface area contributed by atoms with Crippen molar-refractivity contribution in [1.29, 1.82) is 5.26 Å². The molecule has 3 aromatic carbocycles. The van der Waals surface area contributed by atoms with Gasteiger partial charge in [-0.1, -0.05) is 36.4 Å². The Morgan fingerprint density at radius 2 is 1.69 bits per heavy atom. The first kappa shape index (κ1) is 17.2. The summed E-state index contributed by atoms with van der Waals surface area (Å²) in [6.45, 7) is 0. The first-order valence-corrected chi connectivity index (χ1v) is 8.00. The van der Waals surface area contributed by atoms with Gasteiger partial charge in [0.2, 0.25) is 5.91 Å². The van der Waals surface area contributed by atoms with Crippen molar-refractivity contribution in [2.24, 2.45) is 5.92 Å². The van der Waals surface area contributed by atoms with E-state index in [0.717, 1.165) is 10.8 Å². The molecular weight excluding hydrogens is 328 g/mol. The molecule has 0 saturated heterocycles. The van der Waals surface area contributed by atoms with Crippen molar-refractivity contribution in [3.8, 4) is 11.8 Å². The number of ketones is 1. The van der Waals surface area contributed by atoms with Crippen LogP contribution in [0.5, 0.6) is 5.75 Å². The minimum absolute atomic E-state index is 0.283. The second kappa shape index (κ2) is 7.49. The number of nitrogens with zero attached hydrogens (tertiary/aromatic N) is 1. The van der Waals surface area contributed by atoms with Gasteiger partial charge in [0.05, 0.1) is 13.2 Å². The molecule has 5 nitrogen and oxygen atoms in total. The van der Waals surface area contributed by atoms with E-state index in [1.165, 1.54) is 19.2 Å². The lowest BCUT2D eigenvalue weighted by molar-refractivity contribution is -0.117. The van der Waals surface area contributed by atoms with Crippen molar-refractivity contribution in [2.45, 2.75) is 0 Å². The topological polar surface area (TPSA) is 79.2 Å². The number of ether oxygens (including phenoxy) is 1. The molecule has 5 heteroatoms. The number of benzene rings is 3. The Morgan fingerprint density at radius 3 is 2.38 bits per heavy atom. The number of nitriles is 1. The molecule has 0 aliphatic heterocycles. The number of Topliss-reactive ketones (excluding diaryl/α,β-unsaturated/α-hetero) is 1. The standard InChI is InChI=1S/C21H16N2O3/c1-26-16-11-9-15(10-12-16)20(24)18(13-22)21(25)23-19-8-4-6-14-5-2-3-7-17(14)19/h2-12,18H,1H3,(H,23,25). The number of carbonyl (C=O) groups excluding carboxylic acids is 2. The molecule has 0 radical (unpaired) electrons. The molecule has 1 atom stereocenters. The highest BCUT2D eigenvalue weighted by Gasteiger charge is 2.28. The lowest BCUT2D eigenvalue weighted by Gasteiger charge is -2.12. The monoisotopic (exact) mass is 344 g/mol.